The van der Waals surface area contributed by atoms with E-state index >= 15 is 0 Å². The average Bonchev–Trinajstić information content (AvgIpc) is 2.77. The minimum atomic E-state index is -0.100. The molecule has 2 amide bonds. The van der Waals surface area contributed by atoms with Crippen LogP contribution in [0.4, 0.5) is 10.6 Å². The standard InChI is InChI=1S/C22H30N4O2/c1-17(18-9-11-20(28-3)12-10-18)25(2)22(27)24-16-19-8-7-13-23-21(19)26-14-5-4-6-15-26/h7-13,17H,4-6,14-16H2,1-3H3,(H,24,27). The fraction of sp³-hybridized carbons (Fsp3) is 0.455. The summed E-state index contributed by atoms with van der Waals surface area (Å²) in [4.78, 5) is 21.3. The summed E-state index contributed by atoms with van der Waals surface area (Å²) in [5, 5.41) is 3.05. The maximum atomic E-state index is 12.7. The molecule has 1 fully saturated rings. The van der Waals surface area contributed by atoms with E-state index in [-0.39, 0.29) is 12.1 Å². The molecule has 150 valence electrons. The zero-order valence-corrected chi connectivity index (χ0v) is 17.0. The van der Waals surface area contributed by atoms with E-state index in [2.05, 4.69) is 15.2 Å². The lowest BCUT2D eigenvalue weighted by Crippen LogP contribution is -2.39. The van der Waals surface area contributed by atoms with Gasteiger partial charge in [0.25, 0.3) is 0 Å². The summed E-state index contributed by atoms with van der Waals surface area (Å²) in [6.45, 7) is 4.56. The first-order valence-corrected chi connectivity index (χ1v) is 9.93. The highest BCUT2D eigenvalue weighted by molar-refractivity contribution is 5.74. The van der Waals surface area contributed by atoms with Gasteiger partial charge in [0, 0.05) is 38.4 Å². The summed E-state index contributed by atoms with van der Waals surface area (Å²) in [7, 11) is 3.47. The predicted octanol–water partition coefficient (Wildman–Crippen LogP) is 3.98. The molecule has 1 aliphatic heterocycles. The van der Waals surface area contributed by atoms with Gasteiger partial charge in [-0.2, -0.15) is 0 Å². The van der Waals surface area contributed by atoms with E-state index < -0.39 is 0 Å². The van der Waals surface area contributed by atoms with Gasteiger partial charge < -0.3 is 19.9 Å². The van der Waals surface area contributed by atoms with Gasteiger partial charge in [-0.15, -0.1) is 0 Å². The quantitative estimate of drug-likeness (QED) is 0.821. The van der Waals surface area contributed by atoms with Crippen molar-refractivity contribution in [3.8, 4) is 5.75 Å². The normalized spacial score (nSPS) is 15.0. The van der Waals surface area contributed by atoms with Crippen LogP contribution in [-0.2, 0) is 6.54 Å². The van der Waals surface area contributed by atoms with Gasteiger partial charge in [0.1, 0.15) is 11.6 Å². The molecule has 0 bridgehead atoms. The van der Waals surface area contributed by atoms with Gasteiger partial charge in [0.05, 0.1) is 13.2 Å². The lowest BCUT2D eigenvalue weighted by molar-refractivity contribution is 0.194. The number of anilines is 1. The molecule has 3 rings (SSSR count). The van der Waals surface area contributed by atoms with E-state index in [0.29, 0.717) is 6.54 Å². The molecular weight excluding hydrogens is 352 g/mol. The fourth-order valence-electron chi connectivity index (χ4n) is 3.54. The Labute approximate surface area is 167 Å². The van der Waals surface area contributed by atoms with Crippen LogP contribution in [0.1, 0.15) is 43.4 Å². The first kappa shape index (κ1) is 20.0. The Morgan fingerprint density at radius 1 is 1.21 bits per heavy atom. The SMILES string of the molecule is COc1ccc(C(C)N(C)C(=O)NCc2cccnc2N2CCCCC2)cc1. The monoisotopic (exact) mass is 382 g/mol. The lowest BCUT2D eigenvalue weighted by Gasteiger charge is -2.30. The first-order chi connectivity index (χ1) is 13.6. The third kappa shape index (κ3) is 4.74. The van der Waals surface area contributed by atoms with E-state index in [1.165, 1.54) is 19.3 Å². The summed E-state index contributed by atoms with van der Waals surface area (Å²) < 4.78 is 5.20. The van der Waals surface area contributed by atoms with Crippen molar-refractivity contribution in [2.75, 3.05) is 32.1 Å². The van der Waals surface area contributed by atoms with Crippen LogP contribution in [0.25, 0.3) is 0 Å². The van der Waals surface area contributed by atoms with Crippen molar-refractivity contribution in [3.63, 3.8) is 0 Å². The molecule has 6 nitrogen and oxygen atoms in total. The minimum Gasteiger partial charge on any atom is -0.497 e. The molecule has 28 heavy (non-hydrogen) atoms. The molecule has 1 aromatic carbocycles. The largest absolute Gasteiger partial charge is 0.497 e. The zero-order chi connectivity index (χ0) is 19.9. The van der Waals surface area contributed by atoms with Gasteiger partial charge in [0.2, 0.25) is 0 Å². The summed E-state index contributed by atoms with van der Waals surface area (Å²) in [6, 6.07) is 11.6. The number of amides is 2. The van der Waals surface area contributed by atoms with Gasteiger partial charge in [-0.3, -0.25) is 0 Å². The second-order valence-electron chi connectivity index (χ2n) is 7.25. The van der Waals surface area contributed by atoms with Gasteiger partial charge in [-0.25, -0.2) is 9.78 Å². The number of pyridine rings is 1. The Bertz CT molecular complexity index is 772. The van der Waals surface area contributed by atoms with Crippen molar-refractivity contribution in [1.29, 1.82) is 0 Å². The number of nitrogens with one attached hydrogen (secondary N) is 1. The average molecular weight is 383 g/mol. The number of carbonyl (C=O) groups is 1. The molecule has 1 aromatic heterocycles. The number of nitrogens with zero attached hydrogens (tertiary/aromatic N) is 3. The van der Waals surface area contributed by atoms with Crippen LogP contribution in [0.3, 0.4) is 0 Å². The first-order valence-electron chi connectivity index (χ1n) is 9.93. The predicted molar refractivity (Wildman–Crippen MR) is 112 cm³/mol. The third-order valence-electron chi connectivity index (χ3n) is 5.45. The van der Waals surface area contributed by atoms with Crippen LogP contribution >= 0.6 is 0 Å². The maximum absolute atomic E-state index is 12.7. The highest BCUT2D eigenvalue weighted by Crippen LogP contribution is 2.23. The number of methoxy groups -OCH3 is 1. The lowest BCUT2D eigenvalue weighted by atomic mass is 10.1. The highest BCUT2D eigenvalue weighted by Gasteiger charge is 2.19. The number of ether oxygens (including phenoxy) is 1. The molecule has 0 aliphatic carbocycles. The van der Waals surface area contributed by atoms with Crippen LogP contribution in [0.5, 0.6) is 5.75 Å². The summed E-state index contributed by atoms with van der Waals surface area (Å²) in [5.41, 5.74) is 2.12. The van der Waals surface area contributed by atoms with E-state index in [1.54, 1.807) is 12.0 Å². The van der Waals surface area contributed by atoms with Crippen LogP contribution in [0.2, 0.25) is 0 Å². The Kier molecular flexibility index (Phi) is 6.74. The highest BCUT2D eigenvalue weighted by atomic mass is 16.5. The van der Waals surface area contributed by atoms with Crippen molar-refractivity contribution in [2.24, 2.45) is 0 Å². The topological polar surface area (TPSA) is 57.7 Å². The fourth-order valence-corrected chi connectivity index (χ4v) is 3.54. The molecule has 2 heterocycles. The molecule has 1 aliphatic rings. The van der Waals surface area contributed by atoms with Gasteiger partial charge in [0.15, 0.2) is 0 Å². The van der Waals surface area contributed by atoms with Crippen LogP contribution in [0, 0.1) is 0 Å². The summed E-state index contributed by atoms with van der Waals surface area (Å²) in [5.74, 6) is 1.80. The van der Waals surface area contributed by atoms with E-state index in [9.17, 15) is 4.79 Å². The van der Waals surface area contributed by atoms with Crippen LogP contribution in [0.15, 0.2) is 42.6 Å². The number of rotatable bonds is 6. The molecule has 1 N–H and O–H groups in total. The molecule has 2 aromatic rings. The zero-order valence-electron chi connectivity index (χ0n) is 17.0. The van der Waals surface area contributed by atoms with Crippen molar-refractivity contribution in [2.45, 2.75) is 38.8 Å². The number of piperidine rings is 1. The minimum absolute atomic E-state index is 0.0404. The van der Waals surface area contributed by atoms with Crippen molar-refractivity contribution < 1.29 is 9.53 Å². The van der Waals surface area contributed by atoms with E-state index in [4.69, 9.17) is 4.74 Å². The Balaban J connectivity index is 1.61. The molecule has 1 saturated heterocycles. The summed E-state index contributed by atoms with van der Waals surface area (Å²) in [6.07, 6.45) is 5.51. The van der Waals surface area contributed by atoms with Gasteiger partial charge in [-0.05, 0) is 49.9 Å². The number of carbonyl (C=O) groups excluding carboxylic acids is 1. The van der Waals surface area contributed by atoms with Crippen molar-refractivity contribution in [1.82, 2.24) is 15.2 Å². The Morgan fingerprint density at radius 3 is 2.61 bits per heavy atom. The van der Waals surface area contributed by atoms with Crippen LogP contribution in [-0.4, -0.2) is 43.2 Å². The Morgan fingerprint density at radius 2 is 1.93 bits per heavy atom. The number of hydrogen-bond donors (Lipinski definition) is 1. The number of urea groups is 1. The van der Waals surface area contributed by atoms with E-state index in [0.717, 1.165) is 35.8 Å². The molecule has 6 heteroatoms. The van der Waals surface area contributed by atoms with Gasteiger partial charge >= 0.3 is 6.03 Å². The summed E-state index contributed by atoms with van der Waals surface area (Å²) >= 11 is 0. The molecular formula is C22H30N4O2. The smallest absolute Gasteiger partial charge is 0.317 e. The second-order valence-corrected chi connectivity index (χ2v) is 7.25. The molecule has 0 radical (unpaired) electrons. The van der Waals surface area contributed by atoms with Crippen LogP contribution < -0.4 is 15.0 Å². The Hall–Kier alpha value is -2.76. The van der Waals surface area contributed by atoms with Gasteiger partial charge in [-0.1, -0.05) is 18.2 Å². The molecule has 0 saturated carbocycles. The second kappa shape index (κ2) is 9.44. The molecule has 0 spiro atoms. The third-order valence-corrected chi connectivity index (χ3v) is 5.45. The number of benzene rings is 1. The van der Waals surface area contributed by atoms with Crippen molar-refractivity contribution >= 4 is 11.8 Å². The molecule has 1 unspecified atom stereocenters. The maximum Gasteiger partial charge on any atom is 0.317 e. The van der Waals surface area contributed by atoms with E-state index in [1.807, 2.05) is 56.6 Å². The van der Waals surface area contributed by atoms with Crippen molar-refractivity contribution in [3.05, 3.63) is 53.7 Å². The number of hydrogen-bond acceptors (Lipinski definition) is 4. The number of aromatic nitrogens is 1. The molecule has 1 atom stereocenters.